The van der Waals surface area contributed by atoms with Crippen molar-refractivity contribution in [3.63, 3.8) is 0 Å². The predicted octanol–water partition coefficient (Wildman–Crippen LogP) is 0.684. The minimum atomic E-state index is 0.203. The zero-order chi connectivity index (χ0) is 10.9. The average molecular weight is 208 g/mol. The largest absolute Gasteiger partial charge is 0.333 e. The van der Waals surface area contributed by atoms with Crippen LogP contribution in [0.1, 0.15) is 19.7 Å². The Balaban J connectivity index is 1.98. The number of nitrogens with zero attached hydrogens (tertiary/aromatic N) is 3. The lowest BCUT2D eigenvalue weighted by Crippen LogP contribution is -2.42. The van der Waals surface area contributed by atoms with Crippen LogP contribution in [-0.4, -0.2) is 34.1 Å². The summed E-state index contributed by atoms with van der Waals surface area (Å²) in [4.78, 5) is 6.79. The van der Waals surface area contributed by atoms with Crippen molar-refractivity contribution in [2.24, 2.45) is 11.1 Å². The topological polar surface area (TPSA) is 47.1 Å². The first-order chi connectivity index (χ1) is 7.11. The van der Waals surface area contributed by atoms with Gasteiger partial charge in [0.15, 0.2) is 0 Å². The van der Waals surface area contributed by atoms with E-state index in [0.29, 0.717) is 0 Å². The van der Waals surface area contributed by atoms with Crippen LogP contribution in [0.5, 0.6) is 0 Å². The lowest BCUT2D eigenvalue weighted by molar-refractivity contribution is 0.148. The average Bonchev–Trinajstić information content (AvgIpc) is 2.64. The van der Waals surface area contributed by atoms with Crippen LogP contribution in [0.2, 0.25) is 0 Å². The summed E-state index contributed by atoms with van der Waals surface area (Å²) < 4.78 is 2.23. The Bertz CT molecular complexity index is 329. The Labute approximate surface area is 91.1 Å². The molecule has 0 fully saturated rings. The number of nitrogens with two attached hydrogens (primary N) is 1. The van der Waals surface area contributed by atoms with Gasteiger partial charge in [-0.25, -0.2) is 4.98 Å². The fraction of sp³-hybridized carbons (Fsp3) is 0.727. The zero-order valence-electron chi connectivity index (χ0n) is 9.61. The first-order valence-electron chi connectivity index (χ1n) is 5.53. The molecule has 84 valence electrons. The molecule has 0 amide bonds. The molecule has 2 heterocycles. The van der Waals surface area contributed by atoms with E-state index < -0.39 is 0 Å². The molecular weight excluding hydrogens is 188 g/mol. The van der Waals surface area contributed by atoms with Gasteiger partial charge in [0.2, 0.25) is 0 Å². The first kappa shape index (κ1) is 10.6. The maximum absolute atomic E-state index is 5.75. The minimum Gasteiger partial charge on any atom is -0.333 e. The highest BCUT2D eigenvalue weighted by Gasteiger charge is 2.23. The van der Waals surface area contributed by atoms with Gasteiger partial charge in [0, 0.05) is 32.0 Å². The Hall–Kier alpha value is -0.870. The van der Waals surface area contributed by atoms with Gasteiger partial charge in [-0.2, -0.15) is 0 Å². The van der Waals surface area contributed by atoms with E-state index >= 15 is 0 Å². The molecule has 4 nitrogen and oxygen atoms in total. The van der Waals surface area contributed by atoms with E-state index in [9.17, 15) is 0 Å². The number of fused-ring (bicyclic) bond motifs is 1. The molecule has 0 radical (unpaired) electrons. The summed E-state index contributed by atoms with van der Waals surface area (Å²) in [5.74, 6) is 1.18. The molecule has 2 rings (SSSR count). The van der Waals surface area contributed by atoms with Crippen molar-refractivity contribution in [2.75, 3.05) is 19.6 Å². The SMILES string of the molecule is CC(C)(CN)CN1CCn2ccnc2C1. The summed E-state index contributed by atoms with van der Waals surface area (Å²) in [7, 11) is 0. The molecule has 1 aliphatic heterocycles. The van der Waals surface area contributed by atoms with Gasteiger partial charge in [0.05, 0.1) is 6.54 Å². The molecular formula is C11H20N4. The highest BCUT2D eigenvalue weighted by atomic mass is 15.2. The minimum absolute atomic E-state index is 0.203. The molecule has 0 aliphatic carbocycles. The normalized spacial score (nSPS) is 17.8. The Kier molecular flexibility index (Phi) is 2.80. The lowest BCUT2D eigenvalue weighted by atomic mass is 9.93. The molecule has 2 N–H and O–H groups in total. The van der Waals surface area contributed by atoms with Gasteiger partial charge in [-0.3, -0.25) is 4.90 Å². The van der Waals surface area contributed by atoms with Crippen LogP contribution in [0.25, 0.3) is 0 Å². The van der Waals surface area contributed by atoms with Gasteiger partial charge in [-0.05, 0) is 12.0 Å². The standard InChI is InChI=1S/C11H20N4/c1-11(2,8-12)9-14-5-6-15-4-3-13-10(15)7-14/h3-4H,5-9,12H2,1-2H3. The highest BCUT2D eigenvalue weighted by Crippen LogP contribution is 2.18. The van der Waals surface area contributed by atoms with E-state index in [-0.39, 0.29) is 5.41 Å². The summed E-state index contributed by atoms with van der Waals surface area (Å²) in [6.07, 6.45) is 3.94. The fourth-order valence-corrected chi connectivity index (χ4v) is 2.03. The third-order valence-corrected chi connectivity index (χ3v) is 3.03. The highest BCUT2D eigenvalue weighted by molar-refractivity contribution is 4.96. The molecule has 0 atom stereocenters. The summed E-state index contributed by atoms with van der Waals surface area (Å²) in [6.45, 7) is 9.33. The van der Waals surface area contributed by atoms with E-state index in [1.807, 2.05) is 6.20 Å². The predicted molar refractivity (Wildman–Crippen MR) is 60.3 cm³/mol. The van der Waals surface area contributed by atoms with Crippen molar-refractivity contribution < 1.29 is 0 Å². The molecule has 0 saturated carbocycles. The van der Waals surface area contributed by atoms with Crippen LogP contribution in [0.3, 0.4) is 0 Å². The van der Waals surface area contributed by atoms with Gasteiger partial charge in [0.25, 0.3) is 0 Å². The van der Waals surface area contributed by atoms with E-state index in [4.69, 9.17) is 5.73 Å². The van der Waals surface area contributed by atoms with Crippen LogP contribution >= 0.6 is 0 Å². The van der Waals surface area contributed by atoms with Crippen LogP contribution < -0.4 is 5.73 Å². The molecule has 0 spiro atoms. The number of aromatic nitrogens is 2. The summed E-state index contributed by atoms with van der Waals surface area (Å²) >= 11 is 0. The second-order valence-electron chi connectivity index (χ2n) is 5.12. The van der Waals surface area contributed by atoms with Gasteiger partial charge in [0.1, 0.15) is 5.82 Å². The van der Waals surface area contributed by atoms with Crippen molar-refractivity contribution in [2.45, 2.75) is 26.9 Å². The van der Waals surface area contributed by atoms with Crippen molar-refractivity contribution in [3.05, 3.63) is 18.2 Å². The lowest BCUT2D eigenvalue weighted by Gasteiger charge is -2.34. The van der Waals surface area contributed by atoms with Gasteiger partial charge >= 0.3 is 0 Å². The van der Waals surface area contributed by atoms with E-state index in [2.05, 4.69) is 34.5 Å². The van der Waals surface area contributed by atoms with Crippen LogP contribution in [0, 0.1) is 5.41 Å². The fourth-order valence-electron chi connectivity index (χ4n) is 2.03. The van der Waals surface area contributed by atoms with Crippen molar-refractivity contribution in [1.29, 1.82) is 0 Å². The monoisotopic (exact) mass is 208 g/mol. The van der Waals surface area contributed by atoms with Gasteiger partial charge in [-0.1, -0.05) is 13.8 Å². The number of imidazole rings is 1. The summed E-state index contributed by atoms with van der Waals surface area (Å²) in [5.41, 5.74) is 5.95. The Morgan fingerprint density at radius 3 is 3.00 bits per heavy atom. The van der Waals surface area contributed by atoms with Crippen LogP contribution in [0.4, 0.5) is 0 Å². The van der Waals surface area contributed by atoms with Crippen LogP contribution in [-0.2, 0) is 13.1 Å². The zero-order valence-corrected chi connectivity index (χ0v) is 9.61. The second-order valence-corrected chi connectivity index (χ2v) is 5.12. The van der Waals surface area contributed by atoms with Gasteiger partial charge in [-0.15, -0.1) is 0 Å². The molecule has 1 aromatic rings. The molecule has 1 aromatic heterocycles. The second kappa shape index (κ2) is 3.94. The third kappa shape index (κ3) is 2.38. The molecule has 4 heteroatoms. The summed E-state index contributed by atoms with van der Waals surface area (Å²) in [6, 6.07) is 0. The molecule has 0 unspecified atom stereocenters. The Morgan fingerprint density at radius 1 is 1.47 bits per heavy atom. The third-order valence-electron chi connectivity index (χ3n) is 3.03. The number of hydrogen-bond donors (Lipinski definition) is 1. The van der Waals surface area contributed by atoms with E-state index in [0.717, 1.165) is 32.7 Å². The number of rotatable bonds is 3. The van der Waals surface area contributed by atoms with Crippen molar-refractivity contribution >= 4 is 0 Å². The summed E-state index contributed by atoms with van der Waals surface area (Å²) in [5, 5.41) is 0. The molecule has 0 aromatic carbocycles. The van der Waals surface area contributed by atoms with Crippen LogP contribution in [0.15, 0.2) is 12.4 Å². The van der Waals surface area contributed by atoms with Crippen molar-refractivity contribution in [1.82, 2.24) is 14.5 Å². The molecule has 15 heavy (non-hydrogen) atoms. The molecule has 0 bridgehead atoms. The molecule has 1 aliphatic rings. The van der Waals surface area contributed by atoms with Gasteiger partial charge < -0.3 is 10.3 Å². The van der Waals surface area contributed by atoms with E-state index in [1.54, 1.807) is 0 Å². The Morgan fingerprint density at radius 2 is 2.27 bits per heavy atom. The quantitative estimate of drug-likeness (QED) is 0.794. The van der Waals surface area contributed by atoms with Crippen molar-refractivity contribution in [3.8, 4) is 0 Å². The smallest absolute Gasteiger partial charge is 0.122 e. The number of hydrogen-bond acceptors (Lipinski definition) is 3. The maximum Gasteiger partial charge on any atom is 0.122 e. The molecule has 0 saturated heterocycles. The maximum atomic E-state index is 5.75. The first-order valence-corrected chi connectivity index (χ1v) is 5.53. The van der Waals surface area contributed by atoms with E-state index in [1.165, 1.54) is 5.82 Å².